The lowest BCUT2D eigenvalue weighted by Gasteiger charge is -2.31. The van der Waals surface area contributed by atoms with E-state index in [0.717, 1.165) is 0 Å². The zero-order valence-corrected chi connectivity index (χ0v) is 49.6. The van der Waals surface area contributed by atoms with Crippen molar-refractivity contribution in [2.45, 2.75) is 5.41 Å². The first-order valence-corrected chi connectivity index (χ1v) is 31.7. The molecule has 2 aromatic heterocycles. The van der Waals surface area contributed by atoms with E-state index in [1.54, 1.807) is 0 Å². The zero-order valence-electron chi connectivity index (χ0n) is 49.6. The Kier molecular flexibility index (Phi) is 10.5. The standard InChI is InChI=1S/C89H54N2/c1-3-19-69-55(15-1)17-13-29-83(69)90-85-27-11-7-23-75(85)77-51-65(41-45-87(77)90)61-35-31-59-49-63(37-33-57(59)47-61)67-39-43-73-74-44-40-68(54-82(74)89(81(73)53-67)79-25-9-5-21-71(79)72-22-6-10-26-80(72)89)64-38-34-58-48-62(36-32-60(58)50-64)66-42-46-88-78(52-66)76-24-8-12-28-86(76)91(88)84-30-14-18-56-16-2-4-20-70(56)84/h1-54H. The molecule has 2 aliphatic carbocycles. The summed E-state index contributed by atoms with van der Waals surface area (Å²) in [6, 6.07) is 123. The number of aromatic nitrogens is 2. The van der Waals surface area contributed by atoms with E-state index in [4.69, 9.17) is 0 Å². The van der Waals surface area contributed by atoms with Gasteiger partial charge in [-0.2, -0.15) is 0 Å². The van der Waals surface area contributed by atoms with E-state index >= 15 is 0 Å². The first-order valence-electron chi connectivity index (χ1n) is 31.7. The molecule has 0 saturated heterocycles. The van der Waals surface area contributed by atoms with Gasteiger partial charge in [0.25, 0.3) is 0 Å². The molecule has 0 N–H and O–H groups in total. The molecular weight excluding hydrogens is 1100 g/mol. The van der Waals surface area contributed by atoms with Crippen molar-refractivity contribution in [2.75, 3.05) is 0 Å². The molecule has 1 spiro atoms. The maximum absolute atomic E-state index is 2.52. The molecule has 16 aromatic carbocycles. The Labute approximate surface area is 526 Å². The summed E-state index contributed by atoms with van der Waals surface area (Å²) in [6.45, 7) is 0. The highest BCUT2D eigenvalue weighted by atomic mass is 15.0. The molecule has 0 saturated carbocycles. The second-order valence-corrected chi connectivity index (χ2v) is 25.1. The lowest BCUT2D eigenvalue weighted by atomic mass is 9.70. The summed E-state index contributed by atoms with van der Waals surface area (Å²) >= 11 is 0. The van der Waals surface area contributed by atoms with Gasteiger partial charge in [0.15, 0.2) is 0 Å². The van der Waals surface area contributed by atoms with Gasteiger partial charge in [-0.15, -0.1) is 0 Å². The van der Waals surface area contributed by atoms with E-state index in [0.29, 0.717) is 0 Å². The van der Waals surface area contributed by atoms with Crippen molar-refractivity contribution in [3.8, 4) is 78.1 Å². The predicted octanol–water partition coefficient (Wildman–Crippen LogP) is 23.5. The summed E-state index contributed by atoms with van der Waals surface area (Å²) in [5.74, 6) is 0. The summed E-state index contributed by atoms with van der Waals surface area (Å²) in [4.78, 5) is 0. The van der Waals surface area contributed by atoms with Crippen LogP contribution in [0.1, 0.15) is 22.3 Å². The second-order valence-electron chi connectivity index (χ2n) is 25.1. The summed E-state index contributed by atoms with van der Waals surface area (Å²) < 4.78 is 4.88. The molecule has 2 aliphatic rings. The minimum atomic E-state index is -0.508. The highest BCUT2D eigenvalue weighted by Crippen LogP contribution is 2.63. The zero-order chi connectivity index (χ0) is 59.5. The lowest BCUT2D eigenvalue weighted by molar-refractivity contribution is 0.794. The Balaban J connectivity index is 0.655. The van der Waals surface area contributed by atoms with Crippen molar-refractivity contribution in [1.82, 2.24) is 9.13 Å². The smallest absolute Gasteiger partial charge is 0.0725 e. The van der Waals surface area contributed by atoms with Crippen LogP contribution in [0.3, 0.4) is 0 Å². The molecule has 2 heterocycles. The van der Waals surface area contributed by atoms with Crippen molar-refractivity contribution >= 4 is 86.7 Å². The molecule has 0 bridgehead atoms. The molecular formula is C89H54N2. The van der Waals surface area contributed by atoms with Gasteiger partial charge in [0.2, 0.25) is 0 Å². The maximum Gasteiger partial charge on any atom is 0.0725 e. The number of rotatable bonds is 6. The van der Waals surface area contributed by atoms with Gasteiger partial charge in [0.1, 0.15) is 0 Å². The van der Waals surface area contributed by atoms with Crippen molar-refractivity contribution in [1.29, 1.82) is 0 Å². The summed E-state index contributed by atoms with van der Waals surface area (Å²) in [7, 11) is 0. The Morgan fingerprint density at radius 1 is 0.176 bits per heavy atom. The number of hydrogen-bond acceptors (Lipinski definition) is 0. The molecule has 91 heavy (non-hydrogen) atoms. The number of hydrogen-bond donors (Lipinski definition) is 0. The number of fused-ring (bicyclic) bond motifs is 20. The minimum Gasteiger partial charge on any atom is -0.309 e. The molecule has 0 unspecified atom stereocenters. The highest BCUT2D eigenvalue weighted by molar-refractivity contribution is 6.14. The Morgan fingerprint density at radius 2 is 0.484 bits per heavy atom. The second kappa shape index (κ2) is 19.1. The Morgan fingerprint density at radius 3 is 0.923 bits per heavy atom. The fourth-order valence-corrected chi connectivity index (χ4v) is 16.3. The monoisotopic (exact) mass is 1150 g/mol. The van der Waals surface area contributed by atoms with Gasteiger partial charge < -0.3 is 9.13 Å². The average Bonchev–Trinajstić information content (AvgIpc) is 1.54. The van der Waals surface area contributed by atoms with E-state index < -0.39 is 5.41 Å². The lowest BCUT2D eigenvalue weighted by Crippen LogP contribution is -2.26. The third-order valence-electron chi connectivity index (χ3n) is 20.5. The topological polar surface area (TPSA) is 9.86 Å². The van der Waals surface area contributed by atoms with E-state index in [-0.39, 0.29) is 0 Å². The molecule has 0 amide bonds. The quantitative estimate of drug-likeness (QED) is 0.157. The van der Waals surface area contributed by atoms with Gasteiger partial charge in [0, 0.05) is 32.3 Å². The van der Waals surface area contributed by atoms with Crippen LogP contribution < -0.4 is 0 Å². The molecule has 20 rings (SSSR count). The minimum absolute atomic E-state index is 0.508. The van der Waals surface area contributed by atoms with E-state index in [1.807, 2.05) is 0 Å². The van der Waals surface area contributed by atoms with Crippen molar-refractivity contribution in [3.63, 3.8) is 0 Å². The normalized spacial score (nSPS) is 12.9. The van der Waals surface area contributed by atoms with E-state index in [2.05, 4.69) is 337 Å². The van der Waals surface area contributed by atoms with Gasteiger partial charge in [-0.05, 0) is 206 Å². The van der Waals surface area contributed by atoms with Crippen LogP contribution in [0.5, 0.6) is 0 Å². The van der Waals surface area contributed by atoms with Crippen LogP contribution >= 0.6 is 0 Å². The van der Waals surface area contributed by atoms with Crippen molar-refractivity contribution in [3.05, 3.63) is 350 Å². The van der Waals surface area contributed by atoms with Gasteiger partial charge in [0.05, 0.1) is 38.9 Å². The Hall–Kier alpha value is -11.8. The summed E-state index contributed by atoms with van der Waals surface area (Å²) in [5.41, 5.74) is 27.0. The van der Waals surface area contributed by atoms with Crippen LogP contribution in [0.25, 0.3) is 165 Å². The third-order valence-corrected chi connectivity index (χ3v) is 20.5. The average molecular weight is 1150 g/mol. The number of benzene rings is 16. The summed E-state index contributed by atoms with van der Waals surface area (Å²) in [6.07, 6.45) is 0. The molecule has 0 radical (unpaired) electrons. The molecule has 18 aromatic rings. The largest absolute Gasteiger partial charge is 0.309 e. The maximum atomic E-state index is 2.52. The highest BCUT2D eigenvalue weighted by Gasteiger charge is 2.52. The molecule has 2 nitrogen and oxygen atoms in total. The SMILES string of the molecule is c1ccc2c(c1)-c1ccccc1C21c2cc(-c3ccc4cc(-c5ccc6c(c5)c5ccccc5n6-c5cccc6ccccc56)ccc4c3)ccc2-c2ccc(-c3ccc4cc(-c5ccc6c(c5)c5ccccc5n6-c5cccc6ccccc56)ccc4c3)cc21. The number of nitrogens with zero attached hydrogens (tertiary/aromatic N) is 2. The van der Waals surface area contributed by atoms with Gasteiger partial charge in [-0.1, -0.05) is 243 Å². The predicted molar refractivity (Wildman–Crippen MR) is 383 cm³/mol. The first-order chi connectivity index (χ1) is 45.1. The van der Waals surface area contributed by atoms with E-state index in [9.17, 15) is 0 Å². The van der Waals surface area contributed by atoms with Crippen LogP contribution in [0.2, 0.25) is 0 Å². The third kappa shape index (κ3) is 7.24. The Bertz CT molecular complexity index is 5780. The first kappa shape index (κ1) is 50.2. The van der Waals surface area contributed by atoms with E-state index in [1.165, 1.54) is 187 Å². The van der Waals surface area contributed by atoms with Crippen LogP contribution in [-0.4, -0.2) is 9.13 Å². The van der Waals surface area contributed by atoms with Crippen LogP contribution in [0.4, 0.5) is 0 Å². The molecule has 0 aliphatic heterocycles. The summed E-state index contributed by atoms with van der Waals surface area (Å²) in [5, 5.41) is 14.9. The molecule has 0 fully saturated rings. The molecule has 0 atom stereocenters. The van der Waals surface area contributed by atoms with Crippen LogP contribution in [0.15, 0.2) is 328 Å². The molecule has 2 heteroatoms. The van der Waals surface area contributed by atoms with Gasteiger partial charge >= 0.3 is 0 Å². The van der Waals surface area contributed by atoms with Crippen LogP contribution in [0, 0.1) is 0 Å². The van der Waals surface area contributed by atoms with Gasteiger partial charge in [-0.3, -0.25) is 0 Å². The fraction of sp³-hybridized carbons (Fsp3) is 0.0112. The van der Waals surface area contributed by atoms with Gasteiger partial charge in [-0.25, -0.2) is 0 Å². The molecule has 420 valence electrons. The fourth-order valence-electron chi connectivity index (χ4n) is 16.3. The number of para-hydroxylation sites is 2. The van der Waals surface area contributed by atoms with Crippen molar-refractivity contribution in [2.24, 2.45) is 0 Å². The van der Waals surface area contributed by atoms with Crippen molar-refractivity contribution < 1.29 is 0 Å². The van der Waals surface area contributed by atoms with Crippen LogP contribution in [-0.2, 0) is 5.41 Å².